The molecule has 0 fully saturated rings. The third-order valence-corrected chi connectivity index (χ3v) is 1.72. The monoisotopic (exact) mass is 208 g/mol. The molecule has 2 N–H and O–H groups in total. The maximum absolute atomic E-state index is 11.0. The zero-order valence-electron chi connectivity index (χ0n) is 6.44. The maximum atomic E-state index is 11.0. The van der Waals surface area contributed by atoms with E-state index < -0.39 is 5.97 Å². The molecule has 6 heteroatoms. The third-order valence-electron chi connectivity index (χ3n) is 1.06. The van der Waals surface area contributed by atoms with E-state index >= 15 is 0 Å². The molecule has 0 aliphatic rings. The fourth-order valence-corrected chi connectivity index (χ4v) is 1.13. The molecule has 1 aromatic heterocycles. The van der Waals surface area contributed by atoms with Gasteiger partial charge < -0.3 is 10.5 Å². The van der Waals surface area contributed by atoms with Gasteiger partial charge in [0.15, 0.2) is 5.69 Å². The highest BCUT2D eigenvalue weighted by Crippen LogP contribution is 2.15. The Kier molecular flexibility index (Phi) is 4.61. The van der Waals surface area contributed by atoms with E-state index in [0.29, 0.717) is 11.6 Å². The van der Waals surface area contributed by atoms with Crippen molar-refractivity contribution in [2.24, 2.45) is 0 Å². The number of thiazole rings is 1. The number of halogens is 1. The summed E-state index contributed by atoms with van der Waals surface area (Å²) in [6, 6.07) is 0. The van der Waals surface area contributed by atoms with E-state index in [2.05, 4.69) is 4.98 Å². The molecule has 1 heterocycles. The van der Waals surface area contributed by atoms with Crippen molar-refractivity contribution < 1.29 is 9.53 Å². The van der Waals surface area contributed by atoms with E-state index in [4.69, 9.17) is 10.5 Å². The minimum atomic E-state index is -0.453. The Morgan fingerprint density at radius 1 is 1.83 bits per heavy atom. The van der Waals surface area contributed by atoms with Gasteiger partial charge in [-0.2, -0.15) is 0 Å². The number of aromatic nitrogens is 1. The van der Waals surface area contributed by atoms with Crippen LogP contribution in [0.5, 0.6) is 0 Å². The van der Waals surface area contributed by atoms with E-state index in [1.54, 1.807) is 6.92 Å². The first-order valence-corrected chi connectivity index (χ1v) is 3.99. The summed E-state index contributed by atoms with van der Waals surface area (Å²) in [6.45, 7) is 2.08. The molecular weight excluding hydrogens is 200 g/mol. The summed E-state index contributed by atoms with van der Waals surface area (Å²) in [5.74, 6) is -0.453. The lowest BCUT2D eigenvalue weighted by molar-refractivity contribution is 0.0521. The highest BCUT2D eigenvalue weighted by molar-refractivity contribution is 7.14. The van der Waals surface area contributed by atoms with Gasteiger partial charge >= 0.3 is 5.97 Å². The summed E-state index contributed by atoms with van der Waals surface area (Å²) in [5, 5.41) is 0.406. The van der Waals surface area contributed by atoms with Crippen molar-refractivity contribution in [2.75, 3.05) is 12.3 Å². The molecule has 0 amide bonds. The van der Waals surface area contributed by atoms with Gasteiger partial charge in [-0.1, -0.05) is 0 Å². The van der Waals surface area contributed by atoms with Gasteiger partial charge in [-0.05, 0) is 6.92 Å². The average molecular weight is 209 g/mol. The number of nitrogens with zero attached hydrogens (tertiary/aromatic N) is 1. The molecule has 4 nitrogen and oxygen atoms in total. The van der Waals surface area contributed by atoms with Crippen molar-refractivity contribution in [3.8, 4) is 0 Å². The van der Waals surface area contributed by atoms with Gasteiger partial charge in [-0.15, -0.1) is 23.7 Å². The minimum absolute atomic E-state index is 0. The lowest BCUT2D eigenvalue weighted by atomic mass is 10.5. The van der Waals surface area contributed by atoms with Gasteiger partial charge in [0.1, 0.15) is 5.00 Å². The number of carbonyl (C=O) groups is 1. The van der Waals surface area contributed by atoms with Crippen LogP contribution in [0, 0.1) is 0 Å². The van der Waals surface area contributed by atoms with Gasteiger partial charge in [0.2, 0.25) is 0 Å². The van der Waals surface area contributed by atoms with Crippen LogP contribution in [0.3, 0.4) is 0 Å². The molecule has 0 radical (unpaired) electrons. The number of rotatable bonds is 2. The normalized spacial score (nSPS) is 8.75. The fraction of sp³-hybridized carbons (Fsp3) is 0.333. The Hall–Kier alpha value is -0.810. The number of nitrogens with two attached hydrogens (primary N) is 1. The molecule has 0 unspecified atom stereocenters. The molecule has 0 saturated carbocycles. The van der Waals surface area contributed by atoms with Gasteiger partial charge in [0, 0.05) is 0 Å². The van der Waals surface area contributed by atoms with Gasteiger partial charge in [-0.25, -0.2) is 9.78 Å². The van der Waals surface area contributed by atoms with Gasteiger partial charge in [-0.3, -0.25) is 0 Å². The van der Waals surface area contributed by atoms with E-state index in [0.717, 1.165) is 0 Å². The Labute approximate surface area is 80.2 Å². The predicted octanol–water partition coefficient (Wildman–Crippen LogP) is 1.32. The molecule has 0 atom stereocenters. The standard InChI is InChI=1S/C6H8N2O2S.ClH/c1-2-10-6(9)4-5(7)11-3-8-4;/h3H,2,7H2,1H3;1H. The number of anilines is 1. The summed E-state index contributed by atoms with van der Waals surface area (Å²) in [6.07, 6.45) is 0. The van der Waals surface area contributed by atoms with E-state index in [9.17, 15) is 4.79 Å². The number of ether oxygens (including phenoxy) is 1. The van der Waals surface area contributed by atoms with E-state index in [1.165, 1.54) is 16.8 Å². The van der Waals surface area contributed by atoms with Crippen molar-refractivity contribution in [3.05, 3.63) is 11.2 Å². The van der Waals surface area contributed by atoms with Crippen molar-refractivity contribution in [1.29, 1.82) is 0 Å². The van der Waals surface area contributed by atoms with Gasteiger partial charge in [0.05, 0.1) is 12.1 Å². The molecule has 0 saturated heterocycles. The van der Waals surface area contributed by atoms with E-state index in [1.807, 2.05) is 0 Å². The minimum Gasteiger partial charge on any atom is -0.461 e. The van der Waals surface area contributed by atoms with Crippen molar-refractivity contribution in [3.63, 3.8) is 0 Å². The molecule has 1 aromatic rings. The molecule has 0 aliphatic heterocycles. The summed E-state index contributed by atoms with van der Waals surface area (Å²) in [7, 11) is 0. The topological polar surface area (TPSA) is 65.2 Å². The predicted molar refractivity (Wildman–Crippen MR) is 49.7 cm³/mol. The Bertz CT molecular complexity index is 264. The maximum Gasteiger partial charge on any atom is 0.360 e. The van der Waals surface area contributed by atoms with Crippen LogP contribution in [-0.4, -0.2) is 17.6 Å². The number of hydrogen-bond donors (Lipinski definition) is 1. The van der Waals surface area contributed by atoms with Crippen LogP contribution in [0.2, 0.25) is 0 Å². The SMILES string of the molecule is CCOC(=O)c1ncsc1N.Cl. The van der Waals surface area contributed by atoms with Crippen molar-refractivity contribution in [1.82, 2.24) is 4.98 Å². The second-order valence-electron chi connectivity index (χ2n) is 1.79. The van der Waals surface area contributed by atoms with E-state index in [-0.39, 0.29) is 18.1 Å². The second kappa shape index (κ2) is 4.95. The lowest BCUT2D eigenvalue weighted by Gasteiger charge is -1.97. The largest absolute Gasteiger partial charge is 0.461 e. The molecule has 1 rings (SSSR count). The van der Waals surface area contributed by atoms with Crippen LogP contribution in [-0.2, 0) is 4.74 Å². The number of nitrogen functional groups attached to an aromatic ring is 1. The molecule has 0 aliphatic carbocycles. The Morgan fingerprint density at radius 2 is 2.50 bits per heavy atom. The quantitative estimate of drug-likeness (QED) is 0.745. The summed E-state index contributed by atoms with van der Waals surface area (Å²) >= 11 is 1.22. The van der Waals surface area contributed by atoms with Crippen LogP contribution in [0.4, 0.5) is 5.00 Å². The van der Waals surface area contributed by atoms with Crippen LogP contribution in [0.1, 0.15) is 17.4 Å². The zero-order valence-corrected chi connectivity index (χ0v) is 8.08. The fourth-order valence-electron chi connectivity index (χ4n) is 0.608. The molecule has 0 spiro atoms. The molecular formula is C6H9ClN2O2S. The van der Waals surface area contributed by atoms with Crippen molar-refractivity contribution in [2.45, 2.75) is 6.92 Å². The summed E-state index contributed by atoms with van der Waals surface area (Å²) in [5.41, 5.74) is 7.16. The van der Waals surface area contributed by atoms with Crippen LogP contribution < -0.4 is 5.73 Å². The highest BCUT2D eigenvalue weighted by Gasteiger charge is 2.12. The zero-order chi connectivity index (χ0) is 8.27. The number of carbonyl (C=O) groups excluding carboxylic acids is 1. The second-order valence-corrected chi connectivity index (χ2v) is 2.67. The Balaban J connectivity index is 0.00000121. The molecule has 0 aromatic carbocycles. The van der Waals surface area contributed by atoms with Crippen LogP contribution >= 0.6 is 23.7 Å². The first-order valence-electron chi connectivity index (χ1n) is 3.11. The smallest absolute Gasteiger partial charge is 0.360 e. The van der Waals surface area contributed by atoms with Crippen LogP contribution in [0.25, 0.3) is 0 Å². The first kappa shape index (κ1) is 11.2. The summed E-state index contributed by atoms with van der Waals surface area (Å²) < 4.78 is 4.69. The highest BCUT2D eigenvalue weighted by atomic mass is 35.5. The average Bonchev–Trinajstić information content (AvgIpc) is 2.36. The van der Waals surface area contributed by atoms with Crippen LogP contribution in [0.15, 0.2) is 5.51 Å². The Morgan fingerprint density at radius 3 is 2.92 bits per heavy atom. The summed E-state index contributed by atoms with van der Waals surface area (Å²) in [4.78, 5) is 14.7. The molecule has 68 valence electrons. The first-order chi connectivity index (χ1) is 5.25. The molecule has 12 heavy (non-hydrogen) atoms. The van der Waals surface area contributed by atoms with Crippen molar-refractivity contribution >= 4 is 34.7 Å². The molecule has 0 bridgehead atoms. The number of hydrogen-bond acceptors (Lipinski definition) is 5. The third kappa shape index (κ3) is 2.35. The lowest BCUT2D eigenvalue weighted by Crippen LogP contribution is -2.06. The van der Waals surface area contributed by atoms with Gasteiger partial charge in [0.25, 0.3) is 0 Å². The number of esters is 1.